The predicted octanol–water partition coefficient (Wildman–Crippen LogP) is 3.87. The number of fused-ring (bicyclic) bond motifs is 1. The summed E-state index contributed by atoms with van der Waals surface area (Å²) in [5, 5.41) is 12.5. The summed E-state index contributed by atoms with van der Waals surface area (Å²) in [6.45, 7) is 3.81. The molecule has 1 amide bonds. The van der Waals surface area contributed by atoms with Crippen LogP contribution in [0.3, 0.4) is 0 Å². The van der Waals surface area contributed by atoms with Crippen molar-refractivity contribution in [2.45, 2.75) is 45.4 Å². The van der Waals surface area contributed by atoms with E-state index >= 15 is 0 Å². The third-order valence-corrected chi connectivity index (χ3v) is 6.12. The monoisotopic (exact) mass is 408 g/mol. The number of carbonyl (C=O) groups is 3. The maximum absolute atomic E-state index is 12.4. The van der Waals surface area contributed by atoms with Crippen molar-refractivity contribution >= 4 is 51.2 Å². The fourth-order valence-electron chi connectivity index (χ4n) is 3.58. The molecule has 0 spiro atoms. The van der Waals surface area contributed by atoms with Gasteiger partial charge in [0.1, 0.15) is 5.01 Å². The number of rotatable bonds is 9. The molecule has 1 aromatic heterocycles. The molecule has 146 valence electrons. The molecule has 27 heavy (non-hydrogen) atoms. The SMILES string of the molecule is CCCC(CCC)(C(=O)O)C(C(=O)S)c1nc2cc(C(=O)NC)ccc2s1. The Bertz CT molecular complexity index is 857. The van der Waals surface area contributed by atoms with Crippen molar-refractivity contribution in [2.24, 2.45) is 5.41 Å². The van der Waals surface area contributed by atoms with Crippen molar-refractivity contribution in [3.05, 3.63) is 28.8 Å². The van der Waals surface area contributed by atoms with Crippen LogP contribution in [0.15, 0.2) is 18.2 Å². The number of aromatic nitrogens is 1. The quantitative estimate of drug-likeness (QED) is 0.548. The van der Waals surface area contributed by atoms with Crippen LogP contribution in [0.25, 0.3) is 10.2 Å². The van der Waals surface area contributed by atoms with Crippen LogP contribution in [0.4, 0.5) is 0 Å². The number of nitrogens with zero attached hydrogens (tertiary/aromatic N) is 1. The Morgan fingerprint density at radius 1 is 1.26 bits per heavy atom. The van der Waals surface area contributed by atoms with E-state index in [0.29, 0.717) is 41.8 Å². The van der Waals surface area contributed by atoms with Crippen molar-refractivity contribution in [1.29, 1.82) is 0 Å². The predicted molar refractivity (Wildman–Crippen MR) is 110 cm³/mol. The van der Waals surface area contributed by atoms with Gasteiger partial charge in [0.15, 0.2) is 5.12 Å². The van der Waals surface area contributed by atoms with Crippen LogP contribution >= 0.6 is 24.0 Å². The maximum Gasteiger partial charge on any atom is 0.310 e. The van der Waals surface area contributed by atoms with Crippen molar-refractivity contribution in [1.82, 2.24) is 10.3 Å². The molecule has 0 aliphatic rings. The Labute approximate surface area is 167 Å². The zero-order valence-electron chi connectivity index (χ0n) is 15.6. The molecule has 1 heterocycles. The lowest BCUT2D eigenvalue weighted by Crippen LogP contribution is -2.40. The Balaban J connectivity index is 2.62. The standard InChI is InChI=1S/C19H24N2O4S2/c1-4-8-19(9-5-2,18(24)25)14(17(23)26)16-21-12-10-11(15(22)20-3)6-7-13(12)27-16/h6-7,10,14H,4-5,8-9H2,1-3H3,(H,20,22)(H,23,26)(H,24,25). The largest absolute Gasteiger partial charge is 0.481 e. The fourth-order valence-corrected chi connectivity index (χ4v) is 5.20. The minimum Gasteiger partial charge on any atom is -0.481 e. The molecule has 2 rings (SSSR count). The van der Waals surface area contributed by atoms with Gasteiger partial charge in [-0.15, -0.1) is 24.0 Å². The van der Waals surface area contributed by atoms with Gasteiger partial charge in [0.05, 0.1) is 21.5 Å². The van der Waals surface area contributed by atoms with Crippen molar-refractivity contribution in [2.75, 3.05) is 7.05 Å². The highest BCUT2D eigenvalue weighted by atomic mass is 32.1. The number of carboxylic acid groups (broad SMARTS) is 1. The second kappa shape index (κ2) is 8.84. The van der Waals surface area contributed by atoms with Gasteiger partial charge in [-0.05, 0) is 31.0 Å². The van der Waals surface area contributed by atoms with Gasteiger partial charge in [0.25, 0.3) is 5.91 Å². The summed E-state index contributed by atoms with van der Waals surface area (Å²) in [4.78, 5) is 41.1. The first-order chi connectivity index (χ1) is 12.8. The zero-order chi connectivity index (χ0) is 20.2. The summed E-state index contributed by atoms with van der Waals surface area (Å²) in [6.07, 6.45) is 2.00. The van der Waals surface area contributed by atoms with Crippen molar-refractivity contribution < 1.29 is 19.5 Å². The van der Waals surface area contributed by atoms with Gasteiger partial charge in [-0.1, -0.05) is 26.7 Å². The van der Waals surface area contributed by atoms with Crippen LogP contribution in [0.1, 0.15) is 60.8 Å². The normalized spacial score (nSPS) is 12.7. The van der Waals surface area contributed by atoms with Crippen molar-refractivity contribution in [3.63, 3.8) is 0 Å². The van der Waals surface area contributed by atoms with Crippen LogP contribution in [0, 0.1) is 5.41 Å². The van der Waals surface area contributed by atoms with E-state index in [1.807, 2.05) is 13.8 Å². The molecule has 0 fully saturated rings. The zero-order valence-corrected chi connectivity index (χ0v) is 17.3. The molecule has 0 bridgehead atoms. The molecule has 6 nitrogen and oxygen atoms in total. The molecule has 0 saturated heterocycles. The summed E-state index contributed by atoms with van der Waals surface area (Å²) in [5.74, 6) is -2.16. The number of carboxylic acids is 1. The van der Waals surface area contributed by atoms with Gasteiger partial charge in [0, 0.05) is 12.6 Å². The molecule has 0 radical (unpaired) electrons. The van der Waals surface area contributed by atoms with Gasteiger partial charge < -0.3 is 10.4 Å². The minimum atomic E-state index is -1.24. The number of carbonyl (C=O) groups excluding carboxylic acids is 2. The number of nitrogens with one attached hydrogen (secondary N) is 1. The molecule has 0 saturated carbocycles. The molecule has 0 aliphatic heterocycles. The Morgan fingerprint density at radius 2 is 1.89 bits per heavy atom. The van der Waals surface area contributed by atoms with E-state index in [4.69, 9.17) is 0 Å². The fraction of sp³-hybridized carbons (Fsp3) is 0.474. The van der Waals surface area contributed by atoms with Crippen LogP contribution < -0.4 is 5.32 Å². The Kier molecular flexibility index (Phi) is 7.00. The van der Waals surface area contributed by atoms with Crippen LogP contribution in [-0.2, 0) is 9.59 Å². The lowest BCUT2D eigenvalue weighted by molar-refractivity contribution is -0.153. The number of benzene rings is 1. The third kappa shape index (κ3) is 4.16. The van der Waals surface area contributed by atoms with Crippen LogP contribution in [-0.4, -0.2) is 34.1 Å². The van der Waals surface area contributed by atoms with E-state index in [-0.39, 0.29) is 5.91 Å². The van der Waals surface area contributed by atoms with E-state index in [0.717, 1.165) is 4.70 Å². The van der Waals surface area contributed by atoms with Gasteiger partial charge >= 0.3 is 5.97 Å². The van der Waals surface area contributed by atoms with E-state index in [2.05, 4.69) is 22.9 Å². The highest BCUT2D eigenvalue weighted by molar-refractivity contribution is 7.96. The second-order valence-electron chi connectivity index (χ2n) is 6.55. The summed E-state index contributed by atoms with van der Waals surface area (Å²) >= 11 is 5.31. The highest BCUT2D eigenvalue weighted by Crippen LogP contribution is 2.47. The molecule has 1 aromatic carbocycles. The van der Waals surface area contributed by atoms with E-state index < -0.39 is 22.4 Å². The minimum absolute atomic E-state index is 0.231. The molecule has 1 unspecified atom stereocenters. The number of thiol groups is 1. The molecule has 2 N–H and O–H groups in total. The highest BCUT2D eigenvalue weighted by Gasteiger charge is 2.49. The van der Waals surface area contributed by atoms with Crippen LogP contribution in [0.5, 0.6) is 0 Å². The number of hydrogen-bond acceptors (Lipinski definition) is 5. The van der Waals surface area contributed by atoms with Gasteiger partial charge in [0.2, 0.25) is 0 Å². The number of thiazole rings is 1. The Morgan fingerprint density at radius 3 is 2.37 bits per heavy atom. The first-order valence-electron chi connectivity index (χ1n) is 8.89. The summed E-state index contributed by atoms with van der Waals surface area (Å²) < 4.78 is 0.796. The number of amides is 1. The summed E-state index contributed by atoms with van der Waals surface area (Å²) in [5.41, 5.74) is -0.204. The third-order valence-electron chi connectivity index (χ3n) is 4.76. The average molecular weight is 409 g/mol. The molecular weight excluding hydrogens is 384 g/mol. The first-order valence-corrected chi connectivity index (χ1v) is 10.2. The van der Waals surface area contributed by atoms with E-state index in [9.17, 15) is 19.5 Å². The average Bonchev–Trinajstić information content (AvgIpc) is 3.03. The van der Waals surface area contributed by atoms with Gasteiger partial charge in [-0.25, -0.2) is 4.98 Å². The lowest BCUT2D eigenvalue weighted by atomic mass is 9.69. The smallest absolute Gasteiger partial charge is 0.310 e. The van der Waals surface area contributed by atoms with Crippen LogP contribution in [0.2, 0.25) is 0 Å². The first kappa shape index (κ1) is 21.4. The lowest BCUT2D eigenvalue weighted by Gasteiger charge is -2.34. The van der Waals surface area contributed by atoms with Gasteiger partial charge in [-0.3, -0.25) is 14.4 Å². The Hall–Kier alpha value is -1.93. The van der Waals surface area contributed by atoms with E-state index in [1.54, 1.807) is 25.2 Å². The topological polar surface area (TPSA) is 96.4 Å². The second-order valence-corrected chi connectivity index (χ2v) is 8.05. The number of hydrogen-bond donors (Lipinski definition) is 3. The molecule has 0 aliphatic carbocycles. The van der Waals surface area contributed by atoms with E-state index in [1.165, 1.54) is 11.3 Å². The summed E-state index contributed by atoms with van der Waals surface area (Å²) in [7, 11) is 1.55. The van der Waals surface area contributed by atoms with Gasteiger partial charge in [-0.2, -0.15) is 0 Å². The molecule has 8 heteroatoms. The van der Waals surface area contributed by atoms with Crippen molar-refractivity contribution in [3.8, 4) is 0 Å². The maximum atomic E-state index is 12.4. The molecule has 2 aromatic rings. The summed E-state index contributed by atoms with van der Waals surface area (Å²) in [6, 6.07) is 5.10. The molecule has 1 atom stereocenters. The molecular formula is C19H24N2O4S2. The number of aliphatic carboxylic acids is 1.